The maximum Gasteiger partial charge on any atom is 0.323 e. The van der Waals surface area contributed by atoms with E-state index in [-0.39, 0.29) is 11.7 Å². The molecule has 0 unspecified atom stereocenters. The number of carbonyl (C=O) groups excluding carboxylic acids is 2. The standard InChI is InChI=1S/C29H23FN6O2S/c1-19-4-9-24(17-26(19)36(29-32-15-16-39-29)25-3-2-14-31-18-25)33-27(37)20-5-10-22(11-6-20)34-28(38)35-23-12-7-21(30)8-13-23/h2-18H,1H3,(H,33,37)(H2,34,35,38). The molecule has 5 rings (SSSR count). The van der Waals surface area contributed by atoms with Crippen molar-refractivity contribution in [1.29, 1.82) is 0 Å². The fourth-order valence-corrected chi connectivity index (χ4v) is 4.50. The molecule has 0 bridgehead atoms. The van der Waals surface area contributed by atoms with Gasteiger partial charge in [0, 0.05) is 40.4 Å². The average Bonchev–Trinajstić information content (AvgIpc) is 3.47. The molecule has 10 heteroatoms. The SMILES string of the molecule is Cc1ccc(NC(=O)c2ccc(NC(=O)Nc3ccc(F)cc3)cc2)cc1N(c1cccnc1)c1nccs1. The minimum absolute atomic E-state index is 0.297. The molecule has 3 amide bonds. The lowest BCUT2D eigenvalue weighted by molar-refractivity contribution is 0.102. The number of rotatable bonds is 7. The summed E-state index contributed by atoms with van der Waals surface area (Å²) in [6.07, 6.45) is 5.22. The number of aromatic nitrogens is 2. The Balaban J connectivity index is 1.29. The summed E-state index contributed by atoms with van der Waals surface area (Å²) < 4.78 is 13.0. The molecule has 2 heterocycles. The van der Waals surface area contributed by atoms with Crippen LogP contribution in [0.3, 0.4) is 0 Å². The largest absolute Gasteiger partial charge is 0.323 e. The highest BCUT2D eigenvalue weighted by molar-refractivity contribution is 7.13. The first-order valence-electron chi connectivity index (χ1n) is 11.9. The Bertz CT molecular complexity index is 1580. The summed E-state index contributed by atoms with van der Waals surface area (Å²) in [4.78, 5) is 36.0. The van der Waals surface area contributed by atoms with E-state index in [1.165, 1.54) is 35.6 Å². The predicted molar refractivity (Wildman–Crippen MR) is 153 cm³/mol. The summed E-state index contributed by atoms with van der Waals surface area (Å²) in [6.45, 7) is 2.00. The monoisotopic (exact) mass is 538 g/mol. The molecule has 0 aliphatic rings. The van der Waals surface area contributed by atoms with Crippen molar-refractivity contribution in [3.8, 4) is 0 Å². The highest BCUT2D eigenvalue weighted by atomic mass is 32.1. The van der Waals surface area contributed by atoms with E-state index in [0.29, 0.717) is 22.6 Å². The Morgan fingerprint density at radius 1 is 0.846 bits per heavy atom. The van der Waals surface area contributed by atoms with Crippen LogP contribution in [0.15, 0.2) is 103 Å². The number of pyridine rings is 1. The number of amides is 3. The number of hydrogen-bond acceptors (Lipinski definition) is 6. The van der Waals surface area contributed by atoms with E-state index in [4.69, 9.17) is 0 Å². The average molecular weight is 539 g/mol. The van der Waals surface area contributed by atoms with Crippen LogP contribution in [0.4, 0.5) is 42.8 Å². The molecule has 0 fully saturated rings. The molecule has 0 aliphatic carbocycles. The number of carbonyl (C=O) groups is 2. The topological polar surface area (TPSA) is 99.2 Å². The molecule has 194 valence electrons. The molecule has 0 spiro atoms. The third-order valence-electron chi connectivity index (χ3n) is 5.73. The van der Waals surface area contributed by atoms with Gasteiger partial charge in [0.25, 0.3) is 5.91 Å². The van der Waals surface area contributed by atoms with Crippen molar-refractivity contribution in [1.82, 2.24) is 9.97 Å². The van der Waals surface area contributed by atoms with Gasteiger partial charge in [-0.1, -0.05) is 6.07 Å². The lowest BCUT2D eigenvalue weighted by atomic mass is 10.1. The van der Waals surface area contributed by atoms with Crippen LogP contribution in [-0.4, -0.2) is 21.9 Å². The molecule has 8 nitrogen and oxygen atoms in total. The van der Waals surface area contributed by atoms with E-state index in [2.05, 4.69) is 25.9 Å². The van der Waals surface area contributed by atoms with Crippen LogP contribution >= 0.6 is 11.3 Å². The summed E-state index contributed by atoms with van der Waals surface area (Å²) in [7, 11) is 0. The second-order valence-electron chi connectivity index (χ2n) is 8.48. The molecule has 0 saturated carbocycles. The van der Waals surface area contributed by atoms with E-state index in [1.54, 1.807) is 42.9 Å². The van der Waals surface area contributed by atoms with E-state index in [0.717, 1.165) is 22.1 Å². The molecule has 0 atom stereocenters. The highest BCUT2D eigenvalue weighted by Crippen LogP contribution is 2.38. The van der Waals surface area contributed by atoms with Gasteiger partial charge in [0.1, 0.15) is 5.82 Å². The molecular formula is C29H23FN6O2S. The van der Waals surface area contributed by atoms with Gasteiger partial charge in [0.15, 0.2) is 5.13 Å². The Kier molecular flexibility index (Phi) is 7.56. The molecule has 0 radical (unpaired) electrons. The third-order valence-corrected chi connectivity index (χ3v) is 6.49. The number of nitrogens with one attached hydrogen (secondary N) is 3. The van der Waals surface area contributed by atoms with Gasteiger partial charge in [-0.15, -0.1) is 11.3 Å². The van der Waals surface area contributed by atoms with Gasteiger partial charge in [-0.2, -0.15) is 0 Å². The Hall–Kier alpha value is -5.09. The van der Waals surface area contributed by atoms with Crippen LogP contribution in [0.5, 0.6) is 0 Å². The highest BCUT2D eigenvalue weighted by Gasteiger charge is 2.18. The first-order chi connectivity index (χ1) is 19.0. The van der Waals surface area contributed by atoms with E-state index < -0.39 is 6.03 Å². The van der Waals surface area contributed by atoms with Crippen molar-refractivity contribution in [3.63, 3.8) is 0 Å². The number of anilines is 6. The normalized spacial score (nSPS) is 10.5. The predicted octanol–water partition coefficient (Wildman–Crippen LogP) is 7.35. The first kappa shape index (κ1) is 25.6. The number of thiazole rings is 1. The Morgan fingerprint density at radius 3 is 2.18 bits per heavy atom. The molecular weight excluding hydrogens is 515 g/mol. The zero-order valence-electron chi connectivity index (χ0n) is 20.8. The van der Waals surface area contributed by atoms with Crippen molar-refractivity contribution in [2.45, 2.75) is 6.92 Å². The summed E-state index contributed by atoms with van der Waals surface area (Å²) in [5, 5.41) is 10.9. The smallest absolute Gasteiger partial charge is 0.322 e. The summed E-state index contributed by atoms with van der Waals surface area (Å²) in [5.74, 6) is -0.684. The van der Waals surface area contributed by atoms with E-state index >= 15 is 0 Å². The fourth-order valence-electron chi connectivity index (χ4n) is 3.83. The lowest BCUT2D eigenvalue weighted by Gasteiger charge is -2.24. The maximum absolute atomic E-state index is 13.0. The van der Waals surface area contributed by atoms with Gasteiger partial charge in [0.2, 0.25) is 0 Å². The van der Waals surface area contributed by atoms with Crippen molar-refractivity contribution in [3.05, 3.63) is 120 Å². The number of hydrogen-bond donors (Lipinski definition) is 3. The zero-order valence-corrected chi connectivity index (χ0v) is 21.6. The second kappa shape index (κ2) is 11.5. The van der Waals surface area contributed by atoms with Gasteiger partial charge in [-0.05, 0) is 85.3 Å². The summed E-state index contributed by atoms with van der Waals surface area (Å²) >= 11 is 1.50. The molecule has 39 heavy (non-hydrogen) atoms. The minimum atomic E-state index is -0.482. The van der Waals surface area contributed by atoms with Gasteiger partial charge in [-0.25, -0.2) is 14.2 Å². The molecule has 0 aliphatic heterocycles. The molecule has 3 aromatic carbocycles. The van der Waals surface area contributed by atoms with Gasteiger partial charge in [-0.3, -0.25) is 14.7 Å². The summed E-state index contributed by atoms with van der Waals surface area (Å²) in [6, 6.07) is 21.0. The molecule has 0 saturated heterocycles. The van der Waals surface area contributed by atoms with Crippen LogP contribution in [0.25, 0.3) is 0 Å². The van der Waals surface area contributed by atoms with Crippen LogP contribution in [0.2, 0.25) is 0 Å². The van der Waals surface area contributed by atoms with Crippen LogP contribution in [0, 0.1) is 12.7 Å². The first-order valence-corrected chi connectivity index (χ1v) is 12.8. The number of nitrogens with zero attached hydrogens (tertiary/aromatic N) is 3. The second-order valence-corrected chi connectivity index (χ2v) is 9.35. The number of benzene rings is 3. The minimum Gasteiger partial charge on any atom is -0.322 e. The quantitative estimate of drug-likeness (QED) is 0.201. The molecule has 5 aromatic rings. The third kappa shape index (κ3) is 6.25. The Labute approximate surface area is 228 Å². The van der Waals surface area contributed by atoms with E-state index in [1.807, 2.05) is 47.5 Å². The number of halogens is 1. The van der Waals surface area contributed by atoms with Crippen LogP contribution < -0.4 is 20.9 Å². The van der Waals surface area contributed by atoms with Gasteiger partial charge < -0.3 is 16.0 Å². The summed E-state index contributed by atoms with van der Waals surface area (Å²) in [5.41, 5.74) is 4.71. The van der Waals surface area contributed by atoms with Crippen molar-refractivity contribution in [2.24, 2.45) is 0 Å². The Morgan fingerprint density at radius 2 is 1.54 bits per heavy atom. The van der Waals surface area contributed by atoms with Crippen LogP contribution in [0.1, 0.15) is 15.9 Å². The van der Waals surface area contributed by atoms with Gasteiger partial charge >= 0.3 is 6.03 Å². The molecule has 3 N–H and O–H groups in total. The van der Waals surface area contributed by atoms with Crippen molar-refractivity contribution in [2.75, 3.05) is 20.9 Å². The van der Waals surface area contributed by atoms with Crippen molar-refractivity contribution < 1.29 is 14.0 Å². The van der Waals surface area contributed by atoms with Gasteiger partial charge in [0.05, 0.1) is 17.6 Å². The fraction of sp³-hybridized carbons (Fsp3) is 0.0345. The molecule has 2 aromatic heterocycles. The zero-order chi connectivity index (χ0) is 27.2. The van der Waals surface area contributed by atoms with Crippen LogP contribution in [-0.2, 0) is 0 Å². The lowest BCUT2D eigenvalue weighted by Crippen LogP contribution is -2.19. The maximum atomic E-state index is 13.0. The van der Waals surface area contributed by atoms with E-state index in [9.17, 15) is 14.0 Å². The number of urea groups is 1. The van der Waals surface area contributed by atoms with Crippen molar-refractivity contribution >= 4 is 56.8 Å². The number of aryl methyl sites for hydroxylation is 1.